The number of phosphoric acid groups is 1. The number of esters is 1. The fraction of sp³-hybridized carbons (Fsp3) is 0.797. The van der Waals surface area contributed by atoms with Gasteiger partial charge in [-0.2, -0.15) is 0 Å². The molecule has 0 spiro atoms. The Hall–Kier alpha value is -2.55. The van der Waals surface area contributed by atoms with E-state index in [2.05, 4.69) is 86.8 Å². The van der Waals surface area contributed by atoms with Crippen molar-refractivity contribution >= 4 is 19.7 Å². The Bertz CT molecular complexity index is 1580. The van der Waals surface area contributed by atoms with Crippen molar-refractivity contribution in [2.45, 2.75) is 315 Å². The van der Waals surface area contributed by atoms with Gasteiger partial charge in [0.2, 0.25) is 5.91 Å². The van der Waals surface area contributed by atoms with Gasteiger partial charge in [0.15, 0.2) is 0 Å². The monoisotopic (exact) mass is 1130 g/mol. The first-order chi connectivity index (χ1) is 38.4. The lowest BCUT2D eigenvalue weighted by molar-refractivity contribution is -0.870. The van der Waals surface area contributed by atoms with Crippen LogP contribution in [0.5, 0.6) is 0 Å². The number of amides is 1. The third-order valence-corrected chi connectivity index (χ3v) is 15.6. The number of nitrogens with zero attached hydrogens (tertiary/aromatic N) is 1. The average molecular weight is 1130 g/mol. The fourth-order valence-corrected chi connectivity index (χ4v) is 10.2. The van der Waals surface area contributed by atoms with E-state index in [1.165, 1.54) is 180 Å². The van der Waals surface area contributed by atoms with Crippen LogP contribution < -0.4 is 10.2 Å². The number of carbonyl (C=O) groups excluding carboxylic acids is 2. The summed E-state index contributed by atoms with van der Waals surface area (Å²) in [4.78, 5) is 40.1. The molecule has 0 aromatic rings. The van der Waals surface area contributed by atoms with E-state index in [1.54, 1.807) is 0 Å². The van der Waals surface area contributed by atoms with Crippen LogP contribution in [-0.4, -0.2) is 69.4 Å². The first-order valence-corrected chi connectivity index (χ1v) is 34.7. The van der Waals surface area contributed by atoms with Crippen LogP contribution in [0.25, 0.3) is 0 Å². The van der Waals surface area contributed by atoms with Gasteiger partial charge in [-0.3, -0.25) is 14.2 Å². The number of hydrogen-bond donors (Lipinski definition) is 1. The zero-order chi connectivity index (χ0) is 57.9. The van der Waals surface area contributed by atoms with E-state index in [9.17, 15) is 19.0 Å². The molecule has 0 saturated heterocycles. The van der Waals surface area contributed by atoms with Crippen LogP contribution >= 0.6 is 7.82 Å². The minimum absolute atomic E-state index is 0.0277. The summed E-state index contributed by atoms with van der Waals surface area (Å²) in [6.45, 7) is 6.80. The van der Waals surface area contributed by atoms with Gasteiger partial charge in [-0.1, -0.05) is 261 Å². The third-order valence-electron chi connectivity index (χ3n) is 14.6. The highest BCUT2D eigenvalue weighted by atomic mass is 31.2. The molecule has 9 nitrogen and oxygen atoms in total. The molecule has 0 fully saturated rings. The molecule has 0 bridgehead atoms. The maximum Gasteiger partial charge on any atom is 0.306 e. The summed E-state index contributed by atoms with van der Waals surface area (Å²) in [7, 11) is 1.17. The number of unbranched alkanes of at least 4 members (excludes halogenated alkanes) is 34. The van der Waals surface area contributed by atoms with E-state index in [-0.39, 0.29) is 24.9 Å². The summed E-state index contributed by atoms with van der Waals surface area (Å²) in [6, 6.07) is -0.900. The number of likely N-dealkylation sites (N-methyl/N-ethyl adjacent to an activating group) is 1. The Labute approximate surface area is 489 Å². The molecule has 0 radical (unpaired) electrons. The smallest absolute Gasteiger partial charge is 0.306 e. The molecule has 79 heavy (non-hydrogen) atoms. The van der Waals surface area contributed by atoms with Gasteiger partial charge in [-0.05, 0) is 102 Å². The quantitative estimate of drug-likeness (QED) is 0.0212. The van der Waals surface area contributed by atoms with E-state index in [0.29, 0.717) is 23.9 Å². The van der Waals surface area contributed by atoms with Crippen LogP contribution in [0.4, 0.5) is 0 Å². The largest absolute Gasteiger partial charge is 0.756 e. The predicted octanol–water partition coefficient (Wildman–Crippen LogP) is 20.2. The standard InChI is InChI=1S/C69H127N2O7P/c1-7-10-13-16-19-22-25-28-30-32-33-34-35-36-37-39-40-43-46-49-52-55-58-61-68(72)70-66(65-77-79(74,75)76-64-63-71(4,5)6)67(60-57-54-51-48-45-42-27-24-21-18-15-12-9-3)78-69(73)62-59-56-53-50-47-44-41-38-31-29-26-23-20-17-14-11-8-2/h19-20,22-23,28-31,41,44,57,60,66-67H,7-18,21,24-27,32-40,42-43,45-56,58-59,61-65H2,1-6H3,(H-,70,72,74,75)/b22-19-,23-20-,30-28-,31-29-,44-41-,60-57-. The number of hydrogen-bond acceptors (Lipinski definition) is 7. The molecule has 0 rings (SSSR count). The van der Waals surface area contributed by atoms with Gasteiger partial charge in [0.05, 0.1) is 33.8 Å². The molecule has 10 heteroatoms. The SMILES string of the molecule is CCCCC/C=C\C/C=C\C/C=C\CCCCCCC(=O)OC(/C=C\CCCCCCCCCCCCC)C(COP(=O)([O-])OCC[N+](C)(C)C)NC(=O)CCCCCCCCCCCCCCC/C=C\C/C=C\CCCCC. The summed E-state index contributed by atoms with van der Waals surface area (Å²) < 4.78 is 30.4. The summed E-state index contributed by atoms with van der Waals surface area (Å²) in [5, 5.41) is 3.03. The van der Waals surface area contributed by atoms with E-state index in [0.717, 1.165) is 83.5 Å². The molecule has 0 saturated carbocycles. The van der Waals surface area contributed by atoms with E-state index >= 15 is 0 Å². The second-order valence-electron chi connectivity index (χ2n) is 23.6. The van der Waals surface area contributed by atoms with Gasteiger partial charge < -0.3 is 28.5 Å². The Balaban J connectivity index is 5.20. The maximum atomic E-state index is 13.6. The molecular formula is C69H127N2O7P. The van der Waals surface area contributed by atoms with Crippen LogP contribution in [0.2, 0.25) is 0 Å². The van der Waals surface area contributed by atoms with Crippen molar-refractivity contribution in [1.29, 1.82) is 0 Å². The van der Waals surface area contributed by atoms with Crippen molar-refractivity contribution < 1.29 is 37.3 Å². The first-order valence-electron chi connectivity index (χ1n) is 33.2. The molecule has 1 amide bonds. The molecule has 0 aromatic carbocycles. The summed E-state index contributed by atoms with van der Waals surface area (Å²) in [5.41, 5.74) is 0. The van der Waals surface area contributed by atoms with Crippen molar-refractivity contribution in [3.63, 3.8) is 0 Å². The van der Waals surface area contributed by atoms with Gasteiger partial charge >= 0.3 is 5.97 Å². The van der Waals surface area contributed by atoms with E-state index in [4.69, 9.17) is 13.8 Å². The van der Waals surface area contributed by atoms with Gasteiger partial charge in [-0.25, -0.2) is 0 Å². The molecule has 1 N–H and O–H groups in total. The number of phosphoric ester groups is 1. The van der Waals surface area contributed by atoms with Gasteiger partial charge in [0.25, 0.3) is 7.82 Å². The molecule has 0 aliphatic carbocycles. The number of nitrogens with one attached hydrogen (secondary N) is 1. The van der Waals surface area contributed by atoms with Crippen LogP contribution in [0.1, 0.15) is 303 Å². The second kappa shape index (κ2) is 58.6. The van der Waals surface area contributed by atoms with Crippen LogP contribution in [0, 0.1) is 0 Å². The molecule has 0 heterocycles. The number of carbonyl (C=O) groups is 2. The first kappa shape index (κ1) is 76.5. The van der Waals surface area contributed by atoms with Crippen LogP contribution in [0.15, 0.2) is 72.9 Å². The minimum atomic E-state index is -4.71. The number of allylic oxidation sites excluding steroid dienone is 11. The van der Waals surface area contributed by atoms with Gasteiger partial charge in [0, 0.05) is 12.8 Å². The lowest BCUT2D eigenvalue weighted by Crippen LogP contribution is -2.47. The lowest BCUT2D eigenvalue weighted by atomic mass is 10.0. The Morgan fingerprint density at radius 3 is 1.18 bits per heavy atom. The lowest BCUT2D eigenvalue weighted by Gasteiger charge is -2.30. The average Bonchev–Trinajstić information content (AvgIpc) is 3.41. The van der Waals surface area contributed by atoms with Crippen LogP contribution in [-0.2, 0) is 27.9 Å². The highest BCUT2D eigenvalue weighted by Gasteiger charge is 2.27. The second-order valence-corrected chi connectivity index (χ2v) is 25.0. The Morgan fingerprint density at radius 1 is 0.443 bits per heavy atom. The molecule has 0 aliphatic rings. The Morgan fingerprint density at radius 2 is 0.772 bits per heavy atom. The summed E-state index contributed by atoms with van der Waals surface area (Å²) in [6.07, 6.45) is 75.8. The zero-order valence-electron chi connectivity index (χ0n) is 52.6. The highest BCUT2D eigenvalue weighted by molar-refractivity contribution is 7.45. The molecule has 0 aromatic heterocycles. The minimum Gasteiger partial charge on any atom is -0.756 e. The van der Waals surface area contributed by atoms with Gasteiger partial charge in [0.1, 0.15) is 19.3 Å². The molecule has 0 aliphatic heterocycles. The van der Waals surface area contributed by atoms with E-state index < -0.39 is 26.6 Å². The highest BCUT2D eigenvalue weighted by Crippen LogP contribution is 2.38. The Kier molecular flexibility index (Phi) is 56.7. The van der Waals surface area contributed by atoms with Crippen molar-refractivity contribution in [2.75, 3.05) is 40.9 Å². The van der Waals surface area contributed by atoms with Crippen molar-refractivity contribution in [2.24, 2.45) is 0 Å². The van der Waals surface area contributed by atoms with Crippen molar-refractivity contribution in [3.8, 4) is 0 Å². The van der Waals surface area contributed by atoms with Crippen molar-refractivity contribution in [1.82, 2.24) is 5.32 Å². The van der Waals surface area contributed by atoms with Crippen molar-refractivity contribution in [3.05, 3.63) is 72.9 Å². The zero-order valence-corrected chi connectivity index (χ0v) is 53.5. The molecular weight excluding hydrogens is 1000 g/mol. The number of ether oxygens (including phenoxy) is 1. The predicted molar refractivity (Wildman–Crippen MR) is 339 cm³/mol. The third kappa shape index (κ3) is 59.9. The normalized spacial score (nSPS) is 14.1. The van der Waals surface area contributed by atoms with Crippen LogP contribution in [0.3, 0.4) is 0 Å². The number of rotatable bonds is 60. The fourth-order valence-electron chi connectivity index (χ4n) is 9.44. The molecule has 3 atom stereocenters. The summed E-state index contributed by atoms with van der Waals surface area (Å²) in [5.74, 6) is -0.561. The maximum absolute atomic E-state index is 13.6. The van der Waals surface area contributed by atoms with E-state index in [1.807, 2.05) is 33.3 Å². The molecule has 3 unspecified atom stereocenters. The number of quaternary nitrogens is 1. The topological polar surface area (TPSA) is 114 Å². The van der Waals surface area contributed by atoms with Gasteiger partial charge in [-0.15, -0.1) is 0 Å². The summed E-state index contributed by atoms with van der Waals surface area (Å²) >= 11 is 0. The molecule has 460 valence electrons.